The van der Waals surface area contributed by atoms with Crippen molar-refractivity contribution in [1.82, 2.24) is 4.31 Å². The van der Waals surface area contributed by atoms with E-state index in [-0.39, 0.29) is 24.6 Å². The average molecular weight is 318 g/mol. The Kier molecular flexibility index (Phi) is 3.82. The maximum absolute atomic E-state index is 13.5. The molecular weight excluding hydrogens is 307 g/mol. The predicted molar refractivity (Wildman–Crippen MR) is 68.5 cm³/mol. The Hall–Kier alpha value is -1.50. The van der Waals surface area contributed by atoms with Crippen LogP contribution in [0.25, 0.3) is 0 Å². The molecule has 0 atom stereocenters. The molecule has 0 bridgehead atoms. The second kappa shape index (κ2) is 5.12. The highest BCUT2D eigenvalue weighted by Crippen LogP contribution is 2.23. The van der Waals surface area contributed by atoms with E-state index in [9.17, 15) is 21.2 Å². The first kappa shape index (κ1) is 14.9. The van der Waals surface area contributed by atoms with E-state index in [0.29, 0.717) is 0 Å². The molecule has 0 amide bonds. The molecule has 0 N–H and O–H groups in total. The summed E-state index contributed by atoms with van der Waals surface area (Å²) in [6.45, 7) is -0.377. The zero-order valence-electron chi connectivity index (χ0n) is 10.3. The Morgan fingerprint density at radius 2 is 1.85 bits per heavy atom. The highest BCUT2D eigenvalue weighted by molar-refractivity contribution is 7.92. The molecule has 1 heterocycles. The van der Waals surface area contributed by atoms with Gasteiger partial charge in [0.15, 0.2) is 9.84 Å². The van der Waals surface area contributed by atoms with E-state index in [0.717, 1.165) is 16.4 Å². The van der Waals surface area contributed by atoms with Gasteiger partial charge in [0.05, 0.1) is 11.5 Å². The fraction of sp³-hybridized carbons (Fsp3) is 0.364. The van der Waals surface area contributed by atoms with Gasteiger partial charge >= 0.3 is 0 Å². The molecule has 108 valence electrons. The van der Waals surface area contributed by atoms with Gasteiger partial charge in [-0.2, -0.15) is 9.57 Å². The molecule has 1 fully saturated rings. The lowest BCUT2D eigenvalue weighted by Crippen LogP contribution is -2.43. The summed E-state index contributed by atoms with van der Waals surface area (Å²) in [5.41, 5.74) is -0.555. The number of halogens is 1. The minimum Gasteiger partial charge on any atom is -0.229 e. The van der Waals surface area contributed by atoms with Gasteiger partial charge in [0, 0.05) is 13.1 Å². The van der Waals surface area contributed by atoms with Crippen LogP contribution in [-0.4, -0.2) is 45.7 Å². The highest BCUT2D eigenvalue weighted by atomic mass is 32.2. The molecule has 0 spiro atoms. The van der Waals surface area contributed by atoms with Crippen molar-refractivity contribution in [3.05, 3.63) is 29.6 Å². The van der Waals surface area contributed by atoms with E-state index in [1.54, 1.807) is 0 Å². The van der Waals surface area contributed by atoms with Crippen LogP contribution in [0.15, 0.2) is 23.1 Å². The SMILES string of the molecule is N#Cc1c(F)cccc1S(=O)(=O)N1CCS(=O)(=O)CC1. The Morgan fingerprint density at radius 1 is 1.25 bits per heavy atom. The molecule has 1 aromatic carbocycles. The van der Waals surface area contributed by atoms with Crippen molar-refractivity contribution in [3.63, 3.8) is 0 Å². The van der Waals surface area contributed by atoms with Crippen LogP contribution in [0.3, 0.4) is 0 Å². The Balaban J connectivity index is 2.43. The fourth-order valence-electron chi connectivity index (χ4n) is 1.90. The third kappa shape index (κ3) is 2.67. The molecule has 0 saturated carbocycles. The van der Waals surface area contributed by atoms with E-state index in [1.807, 2.05) is 0 Å². The van der Waals surface area contributed by atoms with Crippen molar-refractivity contribution in [2.45, 2.75) is 4.90 Å². The second-order valence-corrected chi connectivity index (χ2v) is 8.49. The number of nitriles is 1. The molecule has 1 aliphatic rings. The van der Waals surface area contributed by atoms with E-state index >= 15 is 0 Å². The number of benzene rings is 1. The van der Waals surface area contributed by atoms with Crippen LogP contribution in [0, 0.1) is 17.1 Å². The number of hydrogen-bond donors (Lipinski definition) is 0. The molecule has 1 aromatic rings. The summed E-state index contributed by atoms with van der Waals surface area (Å²) >= 11 is 0. The van der Waals surface area contributed by atoms with Gasteiger partial charge in [0.25, 0.3) is 0 Å². The van der Waals surface area contributed by atoms with Gasteiger partial charge in [0.2, 0.25) is 10.0 Å². The van der Waals surface area contributed by atoms with Crippen molar-refractivity contribution >= 4 is 19.9 Å². The second-order valence-electron chi connectivity index (χ2n) is 4.28. The lowest BCUT2D eigenvalue weighted by atomic mass is 10.2. The van der Waals surface area contributed by atoms with Crippen molar-refractivity contribution in [2.24, 2.45) is 0 Å². The predicted octanol–water partition coefficient (Wildman–Crippen LogP) is 0.116. The van der Waals surface area contributed by atoms with Crippen molar-refractivity contribution < 1.29 is 21.2 Å². The number of hydrogen-bond acceptors (Lipinski definition) is 5. The minimum atomic E-state index is -4.07. The molecule has 2 rings (SSSR count). The molecule has 1 saturated heterocycles. The van der Waals surface area contributed by atoms with Gasteiger partial charge in [-0.25, -0.2) is 21.2 Å². The van der Waals surface area contributed by atoms with Crippen LogP contribution in [-0.2, 0) is 19.9 Å². The van der Waals surface area contributed by atoms with Crippen LogP contribution in [0.5, 0.6) is 0 Å². The van der Waals surface area contributed by atoms with E-state index in [2.05, 4.69) is 0 Å². The van der Waals surface area contributed by atoms with Crippen LogP contribution in [0.1, 0.15) is 5.56 Å². The van der Waals surface area contributed by atoms with Crippen LogP contribution in [0.4, 0.5) is 4.39 Å². The zero-order valence-corrected chi connectivity index (χ0v) is 11.9. The van der Waals surface area contributed by atoms with E-state index < -0.39 is 36.1 Å². The fourth-order valence-corrected chi connectivity index (χ4v) is 4.93. The molecule has 0 radical (unpaired) electrons. The molecule has 20 heavy (non-hydrogen) atoms. The Morgan fingerprint density at radius 3 is 2.40 bits per heavy atom. The standard InChI is InChI=1S/C11H11FN2O4S2/c12-10-2-1-3-11(9(10)8-13)20(17,18)14-4-6-19(15,16)7-5-14/h1-3H,4-7H2. The molecule has 0 aromatic heterocycles. The largest absolute Gasteiger partial charge is 0.244 e. The highest BCUT2D eigenvalue weighted by Gasteiger charge is 2.33. The first-order valence-corrected chi connectivity index (χ1v) is 8.93. The van der Waals surface area contributed by atoms with Crippen LogP contribution >= 0.6 is 0 Å². The molecule has 6 nitrogen and oxygen atoms in total. The molecule has 0 unspecified atom stereocenters. The quantitative estimate of drug-likeness (QED) is 0.771. The van der Waals surface area contributed by atoms with Gasteiger partial charge < -0.3 is 0 Å². The number of sulfone groups is 1. The van der Waals surface area contributed by atoms with E-state index in [4.69, 9.17) is 5.26 Å². The van der Waals surface area contributed by atoms with Gasteiger partial charge in [-0.05, 0) is 12.1 Å². The third-order valence-corrected chi connectivity index (χ3v) is 6.56. The van der Waals surface area contributed by atoms with Crippen LogP contribution in [0.2, 0.25) is 0 Å². The van der Waals surface area contributed by atoms with Crippen molar-refractivity contribution in [3.8, 4) is 6.07 Å². The molecule has 0 aliphatic carbocycles. The lowest BCUT2D eigenvalue weighted by molar-refractivity contribution is 0.430. The number of rotatable bonds is 2. The summed E-state index contributed by atoms with van der Waals surface area (Å²) < 4.78 is 61.7. The third-order valence-electron chi connectivity index (χ3n) is 3.01. The van der Waals surface area contributed by atoms with Crippen molar-refractivity contribution in [2.75, 3.05) is 24.6 Å². The monoisotopic (exact) mass is 318 g/mol. The Bertz CT molecular complexity index is 767. The lowest BCUT2D eigenvalue weighted by Gasteiger charge is -2.26. The molecule has 1 aliphatic heterocycles. The topological polar surface area (TPSA) is 95.3 Å². The summed E-state index contributed by atoms with van der Waals surface area (Å²) in [6.07, 6.45) is 0. The Labute approximate surface area is 116 Å². The van der Waals surface area contributed by atoms with Gasteiger partial charge in [-0.3, -0.25) is 0 Å². The van der Waals surface area contributed by atoms with Crippen molar-refractivity contribution in [1.29, 1.82) is 5.26 Å². The zero-order chi connectivity index (χ0) is 15.0. The van der Waals surface area contributed by atoms with Crippen LogP contribution < -0.4 is 0 Å². The smallest absolute Gasteiger partial charge is 0.229 e. The summed E-state index contributed by atoms with van der Waals surface area (Å²) in [6, 6.07) is 4.86. The maximum Gasteiger partial charge on any atom is 0.244 e. The number of nitrogens with zero attached hydrogens (tertiary/aromatic N) is 2. The average Bonchev–Trinajstić information content (AvgIpc) is 2.38. The summed E-state index contributed by atoms with van der Waals surface area (Å²) in [4.78, 5) is -0.431. The van der Waals surface area contributed by atoms with Gasteiger partial charge in [-0.15, -0.1) is 0 Å². The summed E-state index contributed by atoms with van der Waals surface area (Å²) in [7, 11) is -7.30. The molecule has 9 heteroatoms. The molecular formula is C11H11FN2O4S2. The maximum atomic E-state index is 13.5. The van der Waals surface area contributed by atoms with Gasteiger partial charge in [0.1, 0.15) is 22.3 Å². The van der Waals surface area contributed by atoms with Gasteiger partial charge in [-0.1, -0.05) is 6.07 Å². The minimum absolute atomic E-state index is 0.188. The normalized spacial score (nSPS) is 19.4. The number of sulfonamides is 1. The summed E-state index contributed by atoms with van der Waals surface area (Å²) in [5.74, 6) is -1.47. The van der Waals surface area contributed by atoms with E-state index in [1.165, 1.54) is 12.1 Å². The summed E-state index contributed by atoms with van der Waals surface area (Å²) in [5, 5.41) is 8.88. The first-order valence-electron chi connectivity index (χ1n) is 5.67. The first-order chi connectivity index (χ1) is 9.28.